The lowest BCUT2D eigenvalue weighted by atomic mass is 10.1. The second kappa shape index (κ2) is 10.6. The Balaban J connectivity index is 1.60. The monoisotopic (exact) mass is 563 g/mol. The Bertz CT molecular complexity index is 1570. The summed E-state index contributed by atoms with van der Waals surface area (Å²) >= 11 is 3.46. The highest BCUT2D eigenvalue weighted by molar-refractivity contribution is 9.10. The van der Waals surface area contributed by atoms with Crippen molar-refractivity contribution in [1.29, 1.82) is 0 Å². The minimum absolute atomic E-state index is 0.0477. The van der Waals surface area contributed by atoms with Crippen molar-refractivity contribution in [1.82, 2.24) is 19.1 Å². The summed E-state index contributed by atoms with van der Waals surface area (Å²) in [6.45, 7) is 8.70. The molecule has 0 radical (unpaired) electrons. The molecule has 9 heteroatoms. The third kappa shape index (κ3) is 4.85. The number of aromatic nitrogens is 3. The number of carbonyl (C=O) groups excluding carboxylic acids is 1. The van der Waals surface area contributed by atoms with Gasteiger partial charge in [0.15, 0.2) is 0 Å². The van der Waals surface area contributed by atoms with Gasteiger partial charge in [-0.1, -0.05) is 48.0 Å². The Kier molecular flexibility index (Phi) is 7.26. The van der Waals surface area contributed by atoms with Gasteiger partial charge in [-0.2, -0.15) is 9.78 Å². The van der Waals surface area contributed by atoms with E-state index in [1.165, 1.54) is 4.68 Å². The SMILES string of the molecule is CC[C@@H](C)c1nc2ccc(Br)cc2c(=O)n1N=Cc1c(C)n(CC(=O)N2CCOCC2)c2ccccc12. The molecular weight excluding hydrogens is 534 g/mol. The largest absolute Gasteiger partial charge is 0.378 e. The van der Waals surface area contributed by atoms with E-state index in [4.69, 9.17) is 14.8 Å². The Morgan fingerprint density at radius 1 is 1.19 bits per heavy atom. The van der Waals surface area contributed by atoms with Gasteiger partial charge in [0.1, 0.15) is 12.4 Å². The van der Waals surface area contributed by atoms with E-state index in [1.54, 1.807) is 12.3 Å². The maximum Gasteiger partial charge on any atom is 0.282 e. The highest BCUT2D eigenvalue weighted by atomic mass is 79.9. The fraction of sp³-hybridized carbons (Fsp3) is 0.357. The van der Waals surface area contributed by atoms with Crippen molar-refractivity contribution in [2.45, 2.75) is 39.7 Å². The quantitative estimate of drug-likeness (QED) is 0.319. The maximum atomic E-state index is 13.5. The lowest BCUT2D eigenvalue weighted by molar-refractivity contribution is -0.135. The number of hydrogen-bond acceptors (Lipinski definition) is 5. The number of hydrogen-bond donors (Lipinski definition) is 0. The zero-order chi connectivity index (χ0) is 26.1. The van der Waals surface area contributed by atoms with Crippen molar-refractivity contribution in [2.75, 3.05) is 26.3 Å². The number of amides is 1. The highest BCUT2D eigenvalue weighted by Crippen LogP contribution is 2.26. The molecule has 1 aliphatic heterocycles. The average molecular weight is 564 g/mol. The number of ether oxygens (including phenoxy) is 1. The number of rotatable bonds is 6. The minimum atomic E-state index is -0.207. The van der Waals surface area contributed by atoms with E-state index in [-0.39, 0.29) is 23.9 Å². The average Bonchev–Trinajstić information content (AvgIpc) is 3.18. The van der Waals surface area contributed by atoms with Gasteiger partial charge in [-0.3, -0.25) is 9.59 Å². The predicted molar refractivity (Wildman–Crippen MR) is 149 cm³/mol. The van der Waals surface area contributed by atoms with E-state index in [0.717, 1.165) is 33.1 Å². The second-order valence-corrected chi connectivity index (χ2v) is 10.3. The van der Waals surface area contributed by atoms with E-state index in [9.17, 15) is 9.59 Å². The Hall–Kier alpha value is -3.30. The van der Waals surface area contributed by atoms with E-state index in [0.29, 0.717) is 43.0 Å². The highest BCUT2D eigenvalue weighted by Gasteiger charge is 2.21. The molecule has 0 aliphatic carbocycles. The zero-order valence-electron chi connectivity index (χ0n) is 21.3. The van der Waals surface area contributed by atoms with Crippen LogP contribution in [0.25, 0.3) is 21.8 Å². The van der Waals surface area contributed by atoms with Crippen LogP contribution in [-0.4, -0.2) is 57.6 Å². The van der Waals surface area contributed by atoms with Gasteiger partial charge in [0.25, 0.3) is 5.56 Å². The second-order valence-electron chi connectivity index (χ2n) is 9.40. The van der Waals surface area contributed by atoms with Crippen LogP contribution in [0.3, 0.4) is 0 Å². The molecule has 192 valence electrons. The topological polar surface area (TPSA) is 81.7 Å². The molecule has 1 atom stereocenters. The molecule has 2 aromatic heterocycles. The first-order valence-electron chi connectivity index (χ1n) is 12.6. The number of nitrogens with zero attached hydrogens (tertiary/aromatic N) is 5. The maximum absolute atomic E-state index is 13.5. The van der Waals surface area contributed by atoms with E-state index >= 15 is 0 Å². The standard InChI is InChI=1S/C28H30BrN5O3/c1-4-18(2)27-31-24-10-9-20(29)15-22(24)28(36)34(27)30-16-23-19(3)33(25-8-6-5-7-21(23)25)17-26(35)32-11-13-37-14-12-32/h5-10,15-16,18H,4,11-14,17H2,1-3H3/t18-/m1/s1. The number of para-hydroxylation sites is 1. The number of morpholine rings is 1. The molecule has 2 aromatic carbocycles. The summed E-state index contributed by atoms with van der Waals surface area (Å²) in [6, 6.07) is 13.5. The van der Waals surface area contributed by atoms with Crippen LogP contribution in [0.15, 0.2) is 56.8 Å². The van der Waals surface area contributed by atoms with Gasteiger partial charge in [0.05, 0.1) is 30.3 Å². The van der Waals surface area contributed by atoms with Gasteiger partial charge in [0, 0.05) is 45.6 Å². The lowest BCUT2D eigenvalue weighted by Gasteiger charge is -2.27. The molecule has 1 fully saturated rings. The Morgan fingerprint density at radius 3 is 2.70 bits per heavy atom. The summed E-state index contributed by atoms with van der Waals surface area (Å²) in [5.74, 6) is 0.740. The van der Waals surface area contributed by atoms with Gasteiger partial charge in [-0.25, -0.2) is 4.98 Å². The Labute approximate surface area is 223 Å². The summed E-state index contributed by atoms with van der Waals surface area (Å²) in [6.07, 6.45) is 2.55. The molecule has 1 aliphatic rings. The van der Waals surface area contributed by atoms with Crippen LogP contribution in [0.2, 0.25) is 0 Å². The normalized spacial score (nSPS) is 15.2. The summed E-state index contributed by atoms with van der Waals surface area (Å²) in [5.41, 5.74) is 3.20. The van der Waals surface area contributed by atoms with E-state index < -0.39 is 0 Å². The number of fused-ring (bicyclic) bond motifs is 2. The minimum Gasteiger partial charge on any atom is -0.378 e. The smallest absolute Gasteiger partial charge is 0.282 e. The van der Waals surface area contributed by atoms with Crippen LogP contribution >= 0.6 is 15.9 Å². The van der Waals surface area contributed by atoms with Crippen LogP contribution in [0.1, 0.15) is 43.3 Å². The van der Waals surface area contributed by atoms with Crippen LogP contribution in [0.5, 0.6) is 0 Å². The predicted octanol–water partition coefficient (Wildman–Crippen LogP) is 4.68. The molecule has 0 saturated carbocycles. The third-order valence-electron chi connectivity index (χ3n) is 7.13. The fourth-order valence-electron chi connectivity index (χ4n) is 4.77. The van der Waals surface area contributed by atoms with Crippen molar-refractivity contribution in [3.8, 4) is 0 Å². The third-order valence-corrected chi connectivity index (χ3v) is 7.62. The number of benzene rings is 2. The molecule has 1 saturated heterocycles. The number of carbonyl (C=O) groups is 1. The van der Waals surface area contributed by atoms with Gasteiger partial charge in [-0.15, -0.1) is 0 Å². The lowest BCUT2D eigenvalue weighted by Crippen LogP contribution is -2.42. The van der Waals surface area contributed by atoms with E-state index in [2.05, 4.69) is 22.9 Å². The molecule has 3 heterocycles. The van der Waals surface area contributed by atoms with Gasteiger partial charge >= 0.3 is 0 Å². The van der Waals surface area contributed by atoms with Crippen molar-refractivity contribution in [3.05, 3.63) is 74.4 Å². The fourth-order valence-corrected chi connectivity index (χ4v) is 5.13. The van der Waals surface area contributed by atoms with Gasteiger partial charge in [-0.05, 0) is 37.6 Å². The van der Waals surface area contributed by atoms with Crippen molar-refractivity contribution in [2.24, 2.45) is 5.10 Å². The molecule has 0 N–H and O–H groups in total. The molecular formula is C28H30BrN5O3. The molecule has 4 aromatic rings. The van der Waals surface area contributed by atoms with Crippen molar-refractivity contribution < 1.29 is 9.53 Å². The molecule has 37 heavy (non-hydrogen) atoms. The van der Waals surface area contributed by atoms with Crippen LogP contribution < -0.4 is 5.56 Å². The molecule has 8 nitrogen and oxygen atoms in total. The first kappa shape index (κ1) is 25.4. The molecule has 0 spiro atoms. The zero-order valence-corrected chi connectivity index (χ0v) is 22.9. The summed E-state index contributed by atoms with van der Waals surface area (Å²) in [7, 11) is 0. The van der Waals surface area contributed by atoms with Crippen LogP contribution in [-0.2, 0) is 16.1 Å². The molecule has 0 bridgehead atoms. The summed E-state index contributed by atoms with van der Waals surface area (Å²) in [4.78, 5) is 33.3. The van der Waals surface area contributed by atoms with Crippen LogP contribution in [0.4, 0.5) is 0 Å². The first-order chi connectivity index (χ1) is 17.9. The molecule has 1 amide bonds. The van der Waals surface area contributed by atoms with E-state index in [1.807, 2.05) is 59.7 Å². The Morgan fingerprint density at radius 2 is 1.95 bits per heavy atom. The number of halogens is 1. The van der Waals surface area contributed by atoms with Crippen LogP contribution in [0, 0.1) is 6.92 Å². The molecule has 5 rings (SSSR count). The van der Waals surface area contributed by atoms with Crippen molar-refractivity contribution in [3.63, 3.8) is 0 Å². The van der Waals surface area contributed by atoms with Crippen molar-refractivity contribution >= 4 is 49.9 Å². The van der Waals surface area contributed by atoms with Gasteiger partial charge in [0.2, 0.25) is 5.91 Å². The summed E-state index contributed by atoms with van der Waals surface area (Å²) < 4.78 is 9.66. The molecule has 0 unspecified atom stereocenters. The first-order valence-corrected chi connectivity index (χ1v) is 13.4. The summed E-state index contributed by atoms with van der Waals surface area (Å²) in [5, 5.41) is 6.18. The van der Waals surface area contributed by atoms with Gasteiger partial charge < -0.3 is 14.2 Å².